The maximum Gasteiger partial charge on any atom is 0.254 e. The lowest BCUT2D eigenvalue weighted by Crippen LogP contribution is -2.41. The molecule has 1 heterocycles. The van der Waals surface area contributed by atoms with Gasteiger partial charge < -0.3 is 9.64 Å². The van der Waals surface area contributed by atoms with Crippen molar-refractivity contribution >= 4 is 5.91 Å². The summed E-state index contributed by atoms with van der Waals surface area (Å²) in [6.07, 6.45) is 0. The van der Waals surface area contributed by atoms with E-state index < -0.39 is 0 Å². The van der Waals surface area contributed by atoms with E-state index in [2.05, 4.69) is 26.8 Å². The third kappa shape index (κ3) is 3.16. The van der Waals surface area contributed by atoms with Crippen LogP contribution >= 0.6 is 0 Å². The quantitative estimate of drug-likeness (QED) is 0.778. The number of rotatable bonds is 1. The van der Waals surface area contributed by atoms with Gasteiger partial charge in [0.05, 0.1) is 13.2 Å². The van der Waals surface area contributed by atoms with E-state index in [4.69, 9.17) is 4.74 Å². The molecule has 0 bridgehead atoms. The molecule has 3 heteroatoms. The Morgan fingerprint density at radius 2 is 1.84 bits per heavy atom. The van der Waals surface area contributed by atoms with E-state index in [0.717, 1.165) is 11.1 Å². The van der Waals surface area contributed by atoms with Gasteiger partial charge in [-0.3, -0.25) is 4.79 Å². The Bertz CT molecular complexity index is 468. The largest absolute Gasteiger partial charge is 0.378 e. The SMILES string of the molecule is Cc1ccc(C(C)(C)C)cc1C(=O)N1CCOCC1. The third-order valence-corrected chi connectivity index (χ3v) is 3.63. The molecule has 0 radical (unpaired) electrons. The Kier molecular flexibility index (Phi) is 3.95. The van der Waals surface area contributed by atoms with Crippen molar-refractivity contribution in [1.82, 2.24) is 4.90 Å². The highest BCUT2D eigenvalue weighted by Gasteiger charge is 2.22. The normalized spacial score (nSPS) is 16.5. The van der Waals surface area contributed by atoms with E-state index in [-0.39, 0.29) is 11.3 Å². The minimum atomic E-state index is 0.0632. The number of morpholine rings is 1. The lowest BCUT2D eigenvalue weighted by Gasteiger charge is -2.28. The Labute approximate surface area is 115 Å². The molecule has 0 aliphatic carbocycles. The fourth-order valence-corrected chi connectivity index (χ4v) is 2.26. The summed E-state index contributed by atoms with van der Waals surface area (Å²) >= 11 is 0. The summed E-state index contributed by atoms with van der Waals surface area (Å²) in [6.45, 7) is 11.2. The number of benzene rings is 1. The van der Waals surface area contributed by atoms with E-state index in [0.29, 0.717) is 26.3 Å². The average Bonchev–Trinajstić information content (AvgIpc) is 2.38. The maximum atomic E-state index is 12.6. The van der Waals surface area contributed by atoms with Gasteiger partial charge in [0, 0.05) is 18.7 Å². The summed E-state index contributed by atoms with van der Waals surface area (Å²) in [4.78, 5) is 14.5. The van der Waals surface area contributed by atoms with Crippen molar-refractivity contribution in [2.24, 2.45) is 0 Å². The minimum Gasteiger partial charge on any atom is -0.378 e. The topological polar surface area (TPSA) is 29.5 Å². The number of carbonyl (C=O) groups excluding carboxylic acids is 1. The molecule has 0 unspecified atom stereocenters. The van der Waals surface area contributed by atoms with Crippen LogP contribution in [0, 0.1) is 6.92 Å². The smallest absolute Gasteiger partial charge is 0.254 e. The van der Waals surface area contributed by atoms with Crippen LogP contribution in [0.1, 0.15) is 42.3 Å². The number of aryl methyl sites for hydroxylation is 1. The summed E-state index contributed by atoms with van der Waals surface area (Å²) in [7, 11) is 0. The number of hydrogen-bond donors (Lipinski definition) is 0. The molecule has 1 fully saturated rings. The second-order valence-electron chi connectivity index (χ2n) is 6.18. The van der Waals surface area contributed by atoms with Gasteiger partial charge in [0.15, 0.2) is 0 Å². The van der Waals surface area contributed by atoms with Crippen LogP contribution < -0.4 is 0 Å². The van der Waals surface area contributed by atoms with Gasteiger partial charge >= 0.3 is 0 Å². The molecule has 2 rings (SSSR count). The van der Waals surface area contributed by atoms with Crippen LogP contribution in [0.2, 0.25) is 0 Å². The molecule has 1 aromatic rings. The van der Waals surface area contributed by atoms with Gasteiger partial charge in [0.25, 0.3) is 5.91 Å². The van der Waals surface area contributed by atoms with Crippen molar-refractivity contribution in [2.75, 3.05) is 26.3 Å². The fraction of sp³-hybridized carbons (Fsp3) is 0.562. The van der Waals surface area contributed by atoms with Gasteiger partial charge in [-0.1, -0.05) is 32.9 Å². The predicted octanol–water partition coefficient (Wildman–Crippen LogP) is 2.76. The van der Waals surface area contributed by atoms with Crippen molar-refractivity contribution < 1.29 is 9.53 Å². The van der Waals surface area contributed by atoms with E-state index >= 15 is 0 Å². The first-order valence-electron chi connectivity index (χ1n) is 6.88. The standard InChI is InChI=1S/C16H23NO2/c1-12-5-6-13(16(2,3)4)11-14(12)15(18)17-7-9-19-10-8-17/h5-6,11H,7-10H2,1-4H3. The zero-order chi connectivity index (χ0) is 14.0. The van der Waals surface area contributed by atoms with E-state index in [1.54, 1.807) is 0 Å². The van der Waals surface area contributed by atoms with Crippen molar-refractivity contribution in [2.45, 2.75) is 33.1 Å². The van der Waals surface area contributed by atoms with Gasteiger partial charge in [-0.15, -0.1) is 0 Å². The first-order chi connectivity index (χ1) is 8.89. The lowest BCUT2D eigenvalue weighted by atomic mass is 9.85. The van der Waals surface area contributed by atoms with Crippen LogP contribution in [-0.2, 0) is 10.2 Å². The van der Waals surface area contributed by atoms with E-state index in [1.165, 1.54) is 5.56 Å². The molecule has 0 atom stereocenters. The van der Waals surface area contributed by atoms with Crippen molar-refractivity contribution in [3.05, 3.63) is 34.9 Å². The summed E-state index contributed by atoms with van der Waals surface area (Å²) in [5.74, 6) is 0.131. The second-order valence-corrected chi connectivity index (χ2v) is 6.18. The fourth-order valence-electron chi connectivity index (χ4n) is 2.26. The highest BCUT2D eigenvalue weighted by Crippen LogP contribution is 2.25. The number of nitrogens with zero attached hydrogens (tertiary/aromatic N) is 1. The molecular weight excluding hydrogens is 238 g/mol. The van der Waals surface area contributed by atoms with Gasteiger partial charge in [-0.05, 0) is 29.5 Å². The molecule has 1 saturated heterocycles. The monoisotopic (exact) mass is 261 g/mol. The van der Waals surface area contributed by atoms with Crippen LogP contribution in [0.5, 0.6) is 0 Å². The highest BCUT2D eigenvalue weighted by molar-refractivity contribution is 5.96. The molecule has 3 nitrogen and oxygen atoms in total. The van der Waals surface area contributed by atoms with Gasteiger partial charge in [-0.25, -0.2) is 0 Å². The molecule has 0 aromatic heterocycles. The lowest BCUT2D eigenvalue weighted by molar-refractivity contribution is 0.0302. The summed E-state index contributed by atoms with van der Waals surface area (Å²) in [6, 6.07) is 6.22. The molecule has 1 aliphatic heterocycles. The zero-order valence-electron chi connectivity index (χ0n) is 12.3. The van der Waals surface area contributed by atoms with Crippen molar-refractivity contribution in [3.8, 4) is 0 Å². The molecule has 0 saturated carbocycles. The molecule has 1 amide bonds. The van der Waals surface area contributed by atoms with Crippen molar-refractivity contribution in [3.63, 3.8) is 0 Å². The highest BCUT2D eigenvalue weighted by atomic mass is 16.5. The molecular formula is C16H23NO2. The number of hydrogen-bond acceptors (Lipinski definition) is 2. The zero-order valence-corrected chi connectivity index (χ0v) is 12.3. The van der Waals surface area contributed by atoms with Crippen molar-refractivity contribution in [1.29, 1.82) is 0 Å². The first-order valence-corrected chi connectivity index (χ1v) is 6.88. The molecule has 1 aromatic carbocycles. The number of carbonyl (C=O) groups is 1. The molecule has 0 spiro atoms. The van der Waals surface area contributed by atoms with Gasteiger partial charge in [0.2, 0.25) is 0 Å². The van der Waals surface area contributed by atoms with Gasteiger partial charge in [0.1, 0.15) is 0 Å². The Morgan fingerprint density at radius 1 is 1.21 bits per heavy atom. The van der Waals surface area contributed by atoms with Crippen LogP contribution in [-0.4, -0.2) is 37.1 Å². The summed E-state index contributed by atoms with van der Waals surface area (Å²) in [5, 5.41) is 0. The Morgan fingerprint density at radius 3 is 2.42 bits per heavy atom. The maximum absolute atomic E-state index is 12.6. The van der Waals surface area contributed by atoms with E-state index in [9.17, 15) is 4.79 Å². The predicted molar refractivity (Wildman–Crippen MR) is 76.6 cm³/mol. The summed E-state index contributed by atoms with van der Waals surface area (Å²) < 4.78 is 5.30. The Balaban J connectivity index is 2.30. The minimum absolute atomic E-state index is 0.0632. The molecule has 1 aliphatic rings. The van der Waals surface area contributed by atoms with Crippen LogP contribution in [0.3, 0.4) is 0 Å². The summed E-state index contributed by atoms with van der Waals surface area (Å²) in [5.41, 5.74) is 3.14. The Hall–Kier alpha value is -1.35. The molecule has 0 N–H and O–H groups in total. The van der Waals surface area contributed by atoms with Crippen LogP contribution in [0.25, 0.3) is 0 Å². The number of amides is 1. The second kappa shape index (κ2) is 5.33. The molecule has 19 heavy (non-hydrogen) atoms. The first kappa shape index (κ1) is 14.1. The number of ether oxygens (including phenoxy) is 1. The van der Waals surface area contributed by atoms with Crippen LogP contribution in [0.15, 0.2) is 18.2 Å². The molecule has 104 valence electrons. The van der Waals surface area contributed by atoms with Crippen LogP contribution in [0.4, 0.5) is 0 Å². The van der Waals surface area contributed by atoms with Gasteiger partial charge in [-0.2, -0.15) is 0 Å². The third-order valence-electron chi connectivity index (χ3n) is 3.63. The average molecular weight is 261 g/mol. The van der Waals surface area contributed by atoms with E-state index in [1.807, 2.05) is 24.0 Å².